The van der Waals surface area contributed by atoms with Crippen molar-refractivity contribution in [1.82, 2.24) is 0 Å². The Morgan fingerprint density at radius 3 is 2.42 bits per heavy atom. The first-order chi connectivity index (χ1) is 9.15. The summed E-state index contributed by atoms with van der Waals surface area (Å²) in [6, 6.07) is 5.83. The van der Waals surface area contributed by atoms with E-state index in [1.165, 1.54) is 44.1 Å². The maximum atomic E-state index is 6.26. The van der Waals surface area contributed by atoms with Gasteiger partial charge in [0.25, 0.3) is 0 Å². The largest absolute Gasteiger partial charge is 0.330 e. The van der Waals surface area contributed by atoms with Gasteiger partial charge in [0.15, 0.2) is 0 Å². The molecule has 1 aliphatic carbocycles. The van der Waals surface area contributed by atoms with E-state index in [4.69, 9.17) is 28.9 Å². The third-order valence-electron chi connectivity index (χ3n) is 4.53. The normalized spacial score (nSPS) is 18.5. The van der Waals surface area contributed by atoms with Gasteiger partial charge >= 0.3 is 0 Å². The van der Waals surface area contributed by atoms with Crippen molar-refractivity contribution in [3.63, 3.8) is 0 Å². The van der Waals surface area contributed by atoms with E-state index in [9.17, 15) is 0 Å². The van der Waals surface area contributed by atoms with Crippen LogP contribution in [0.15, 0.2) is 18.2 Å². The maximum Gasteiger partial charge on any atom is 0.0452 e. The lowest BCUT2D eigenvalue weighted by atomic mass is 9.68. The van der Waals surface area contributed by atoms with E-state index in [0.717, 1.165) is 24.4 Å². The molecule has 2 N–H and O–H groups in total. The van der Waals surface area contributed by atoms with Crippen LogP contribution in [0.25, 0.3) is 0 Å². The molecule has 0 aromatic heterocycles. The Bertz CT molecular complexity index is 406. The molecule has 2 rings (SSSR count). The highest BCUT2D eigenvalue weighted by Crippen LogP contribution is 2.43. The second kappa shape index (κ2) is 6.97. The summed E-state index contributed by atoms with van der Waals surface area (Å²) in [5.74, 6) is 0. The fourth-order valence-corrected chi connectivity index (χ4v) is 3.86. The van der Waals surface area contributed by atoms with Crippen molar-refractivity contribution in [3.05, 3.63) is 33.8 Å². The van der Waals surface area contributed by atoms with Crippen molar-refractivity contribution in [3.8, 4) is 0 Å². The van der Waals surface area contributed by atoms with E-state index in [1.807, 2.05) is 12.1 Å². The molecule has 3 heteroatoms. The van der Waals surface area contributed by atoms with Crippen LogP contribution < -0.4 is 5.73 Å². The van der Waals surface area contributed by atoms with Crippen LogP contribution in [0.3, 0.4) is 0 Å². The Morgan fingerprint density at radius 1 is 1.05 bits per heavy atom. The third-order valence-corrected chi connectivity index (χ3v) is 5.12. The zero-order valence-electron chi connectivity index (χ0n) is 11.4. The van der Waals surface area contributed by atoms with Crippen LogP contribution in [-0.4, -0.2) is 6.54 Å². The molecule has 1 aromatic carbocycles. The minimum absolute atomic E-state index is 0.454. The molecule has 0 aliphatic heterocycles. The number of rotatable bonds is 5. The van der Waals surface area contributed by atoms with Crippen LogP contribution in [0.2, 0.25) is 10.0 Å². The van der Waals surface area contributed by atoms with Crippen LogP contribution in [0.1, 0.15) is 50.5 Å². The van der Waals surface area contributed by atoms with Crippen molar-refractivity contribution in [2.24, 2.45) is 11.1 Å². The third kappa shape index (κ3) is 4.11. The van der Waals surface area contributed by atoms with E-state index in [1.54, 1.807) is 0 Å². The predicted molar refractivity (Wildman–Crippen MR) is 84.0 cm³/mol. The summed E-state index contributed by atoms with van der Waals surface area (Å²) in [4.78, 5) is 0. The van der Waals surface area contributed by atoms with Gasteiger partial charge in [-0.2, -0.15) is 0 Å². The number of hydrogen-bond donors (Lipinski definition) is 1. The van der Waals surface area contributed by atoms with Gasteiger partial charge in [0.05, 0.1) is 0 Å². The number of halogens is 2. The van der Waals surface area contributed by atoms with E-state index in [-0.39, 0.29) is 0 Å². The zero-order chi connectivity index (χ0) is 13.7. The SMILES string of the molecule is NCCC1(CCc2ccc(Cl)cc2Cl)CCCCC1. The maximum absolute atomic E-state index is 6.26. The molecule has 0 radical (unpaired) electrons. The van der Waals surface area contributed by atoms with Crippen LogP contribution in [0.4, 0.5) is 0 Å². The summed E-state index contributed by atoms with van der Waals surface area (Å²) in [5.41, 5.74) is 7.49. The molecule has 0 heterocycles. The number of hydrogen-bond acceptors (Lipinski definition) is 1. The Kier molecular flexibility index (Phi) is 5.56. The van der Waals surface area contributed by atoms with Crippen LogP contribution in [0, 0.1) is 5.41 Å². The zero-order valence-corrected chi connectivity index (χ0v) is 12.9. The fourth-order valence-electron chi connectivity index (χ4n) is 3.36. The first-order valence-electron chi connectivity index (χ1n) is 7.29. The van der Waals surface area contributed by atoms with E-state index in [2.05, 4.69) is 6.07 Å². The molecule has 1 aromatic rings. The number of nitrogens with two attached hydrogens (primary N) is 1. The molecular formula is C16H23Cl2N. The summed E-state index contributed by atoms with van der Waals surface area (Å²) in [6.45, 7) is 0.800. The van der Waals surface area contributed by atoms with Gasteiger partial charge in [0.1, 0.15) is 0 Å². The standard InChI is InChI=1S/C16H23Cl2N/c17-14-5-4-13(15(18)12-14)6-9-16(10-11-19)7-2-1-3-8-16/h4-5,12H,1-3,6-11,19H2. The summed E-state index contributed by atoms with van der Waals surface area (Å²) in [6.07, 6.45) is 10.1. The average molecular weight is 300 g/mol. The molecule has 0 spiro atoms. The Balaban J connectivity index is 2.01. The molecule has 0 atom stereocenters. The molecule has 1 saturated carbocycles. The van der Waals surface area contributed by atoms with Gasteiger partial charge in [-0.05, 0) is 61.8 Å². The van der Waals surface area contributed by atoms with Crippen molar-refractivity contribution >= 4 is 23.2 Å². The Hall–Kier alpha value is -0.240. The second-order valence-corrected chi connectivity index (χ2v) is 6.68. The first-order valence-corrected chi connectivity index (χ1v) is 8.05. The second-order valence-electron chi connectivity index (χ2n) is 5.84. The predicted octanol–water partition coefficient (Wildman–Crippen LogP) is 5.23. The van der Waals surface area contributed by atoms with Crippen molar-refractivity contribution in [2.75, 3.05) is 6.54 Å². The van der Waals surface area contributed by atoms with Gasteiger partial charge in [-0.25, -0.2) is 0 Å². The Labute approximate surface area is 126 Å². The monoisotopic (exact) mass is 299 g/mol. The highest BCUT2D eigenvalue weighted by Gasteiger charge is 2.30. The first kappa shape index (κ1) is 15.2. The minimum atomic E-state index is 0.454. The Morgan fingerprint density at radius 2 is 1.79 bits per heavy atom. The van der Waals surface area contributed by atoms with Crippen LogP contribution in [0.5, 0.6) is 0 Å². The molecule has 1 fully saturated rings. The van der Waals surface area contributed by atoms with E-state index < -0.39 is 0 Å². The van der Waals surface area contributed by atoms with Gasteiger partial charge in [-0.1, -0.05) is 48.5 Å². The quantitative estimate of drug-likeness (QED) is 0.792. The summed E-state index contributed by atoms with van der Waals surface area (Å²) >= 11 is 12.2. The number of aryl methyl sites for hydroxylation is 1. The lowest BCUT2D eigenvalue weighted by Crippen LogP contribution is -2.28. The van der Waals surface area contributed by atoms with Crippen LogP contribution in [-0.2, 0) is 6.42 Å². The number of benzene rings is 1. The molecule has 0 saturated heterocycles. The minimum Gasteiger partial charge on any atom is -0.330 e. The highest BCUT2D eigenvalue weighted by atomic mass is 35.5. The topological polar surface area (TPSA) is 26.0 Å². The van der Waals surface area contributed by atoms with Crippen molar-refractivity contribution < 1.29 is 0 Å². The molecule has 0 unspecified atom stereocenters. The molecule has 0 amide bonds. The molecule has 1 nitrogen and oxygen atoms in total. The summed E-state index contributed by atoms with van der Waals surface area (Å²) in [5, 5.41) is 1.51. The molecule has 106 valence electrons. The van der Waals surface area contributed by atoms with Gasteiger partial charge in [0, 0.05) is 10.0 Å². The smallest absolute Gasteiger partial charge is 0.0452 e. The average Bonchev–Trinajstić information content (AvgIpc) is 2.39. The molecule has 1 aliphatic rings. The lowest BCUT2D eigenvalue weighted by Gasteiger charge is -2.37. The van der Waals surface area contributed by atoms with Crippen LogP contribution >= 0.6 is 23.2 Å². The molecule has 19 heavy (non-hydrogen) atoms. The van der Waals surface area contributed by atoms with Crippen molar-refractivity contribution in [2.45, 2.75) is 51.4 Å². The van der Waals surface area contributed by atoms with E-state index in [0.29, 0.717) is 10.4 Å². The fraction of sp³-hybridized carbons (Fsp3) is 0.625. The van der Waals surface area contributed by atoms with Gasteiger partial charge in [-0.15, -0.1) is 0 Å². The lowest BCUT2D eigenvalue weighted by molar-refractivity contribution is 0.161. The van der Waals surface area contributed by atoms with Gasteiger partial charge < -0.3 is 5.73 Å². The molecular weight excluding hydrogens is 277 g/mol. The molecule has 0 bridgehead atoms. The summed E-state index contributed by atoms with van der Waals surface area (Å²) in [7, 11) is 0. The van der Waals surface area contributed by atoms with Gasteiger partial charge in [-0.3, -0.25) is 0 Å². The van der Waals surface area contributed by atoms with Crippen molar-refractivity contribution in [1.29, 1.82) is 0 Å². The van der Waals surface area contributed by atoms with E-state index >= 15 is 0 Å². The highest BCUT2D eigenvalue weighted by molar-refractivity contribution is 6.35. The summed E-state index contributed by atoms with van der Waals surface area (Å²) < 4.78 is 0. The van der Waals surface area contributed by atoms with Gasteiger partial charge in [0.2, 0.25) is 0 Å².